The number of rotatable bonds is 4. The summed E-state index contributed by atoms with van der Waals surface area (Å²) in [5.41, 5.74) is 2.82. The van der Waals surface area contributed by atoms with E-state index in [0.29, 0.717) is 0 Å². The van der Waals surface area contributed by atoms with E-state index in [0.717, 1.165) is 23.1 Å². The molecule has 2 aromatic rings. The fourth-order valence-electron chi connectivity index (χ4n) is 2.43. The molecule has 0 fully saturated rings. The average molecular weight is 366 g/mol. The lowest BCUT2D eigenvalue weighted by molar-refractivity contribution is 0.102. The number of hydrogen-bond acceptors (Lipinski definition) is 3. The Hall–Kier alpha value is -1.85. The summed E-state index contributed by atoms with van der Waals surface area (Å²) < 4.78 is 23.4. The molecule has 24 heavy (non-hydrogen) atoms. The molecule has 1 amide bonds. The average Bonchev–Trinajstić information content (AvgIpc) is 2.48. The van der Waals surface area contributed by atoms with Crippen LogP contribution in [0, 0.1) is 6.92 Å². The standard InChI is InChI=1S/C18H20ClNO3S/c1-11(2)14-7-5-6-12(3)17(14)20-18(21)15-10-13(24(4,22)23)8-9-16(15)19/h5-11H,1-4H3,(H,20,21). The number of carbonyl (C=O) groups is 1. The van der Waals surface area contributed by atoms with Crippen molar-refractivity contribution in [1.82, 2.24) is 0 Å². The van der Waals surface area contributed by atoms with Crippen LogP contribution in [0.3, 0.4) is 0 Å². The summed E-state index contributed by atoms with van der Waals surface area (Å²) in [5, 5.41) is 3.09. The normalized spacial score (nSPS) is 11.6. The highest BCUT2D eigenvalue weighted by Crippen LogP contribution is 2.29. The first-order valence-corrected chi connectivity index (χ1v) is 9.78. The predicted molar refractivity (Wildman–Crippen MR) is 97.8 cm³/mol. The Kier molecular flexibility index (Phi) is 5.35. The number of aryl methyl sites for hydroxylation is 1. The topological polar surface area (TPSA) is 63.2 Å². The molecule has 4 nitrogen and oxygen atoms in total. The minimum Gasteiger partial charge on any atom is -0.321 e. The van der Waals surface area contributed by atoms with Crippen molar-refractivity contribution >= 4 is 33.0 Å². The molecule has 0 radical (unpaired) electrons. The van der Waals surface area contributed by atoms with Gasteiger partial charge >= 0.3 is 0 Å². The molecule has 0 saturated carbocycles. The third kappa shape index (κ3) is 3.97. The van der Waals surface area contributed by atoms with Gasteiger partial charge in [-0.15, -0.1) is 0 Å². The summed E-state index contributed by atoms with van der Waals surface area (Å²) in [6.45, 7) is 6.00. The number of halogens is 1. The first-order chi connectivity index (χ1) is 11.1. The quantitative estimate of drug-likeness (QED) is 0.871. The fraction of sp³-hybridized carbons (Fsp3) is 0.278. The highest BCUT2D eigenvalue weighted by Gasteiger charge is 2.18. The van der Waals surface area contributed by atoms with Crippen LogP contribution in [0.2, 0.25) is 5.02 Å². The van der Waals surface area contributed by atoms with Gasteiger partial charge in [0.25, 0.3) is 5.91 Å². The van der Waals surface area contributed by atoms with Gasteiger partial charge in [0.2, 0.25) is 0 Å². The monoisotopic (exact) mass is 365 g/mol. The Morgan fingerprint density at radius 2 is 1.83 bits per heavy atom. The zero-order chi connectivity index (χ0) is 18.1. The van der Waals surface area contributed by atoms with E-state index in [9.17, 15) is 13.2 Å². The highest BCUT2D eigenvalue weighted by molar-refractivity contribution is 7.90. The van der Waals surface area contributed by atoms with E-state index >= 15 is 0 Å². The minimum absolute atomic E-state index is 0.0610. The summed E-state index contributed by atoms with van der Waals surface area (Å²) >= 11 is 6.09. The molecule has 0 saturated heterocycles. The molecule has 2 rings (SSSR count). The van der Waals surface area contributed by atoms with Gasteiger partial charge in [-0.25, -0.2) is 8.42 Å². The number of benzene rings is 2. The van der Waals surface area contributed by atoms with Crippen LogP contribution in [0.25, 0.3) is 0 Å². The fourth-order valence-corrected chi connectivity index (χ4v) is 3.28. The number of amides is 1. The van der Waals surface area contributed by atoms with Gasteiger partial charge in [0.15, 0.2) is 9.84 Å². The molecular formula is C18H20ClNO3S. The van der Waals surface area contributed by atoms with Crippen LogP contribution in [0.15, 0.2) is 41.3 Å². The molecule has 0 aliphatic carbocycles. The molecule has 1 N–H and O–H groups in total. The molecule has 6 heteroatoms. The molecule has 0 aromatic heterocycles. The van der Waals surface area contributed by atoms with Crippen molar-refractivity contribution in [3.05, 3.63) is 58.1 Å². The second-order valence-corrected chi connectivity index (χ2v) is 8.48. The molecule has 0 aliphatic heterocycles. The van der Waals surface area contributed by atoms with Crippen molar-refractivity contribution < 1.29 is 13.2 Å². The van der Waals surface area contributed by atoms with Gasteiger partial charge in [-0.1, -0.05) is 43.6 Å². The maximum atomic E-state index is 12.7. The zero-order valence-corrected chi connectivity index (χ0v) is 15.6. The van der Waals surface area contributed by atoms with Crippen LogP contribution in [-0.2, 0) is 9.84 Å². The van der Waals surface area contributed by atoms with Crippen LogP contribution in [0.1, 0.15) is 41.3 Å². The molecule has 2 aromatic carbocycles. The van der Waals surface area contributed by atoms with Gasteiger partial charge < -0.3 is 5.32 Å². The van der Waals surface area contributed by atoms with E-state index in [1.807, 2.05) is 39.0 Å². The third-order valence-electron chi connectivity index (χ3n) is 3.78. The van der Waals surface area contributed by atoms with Crippen LogP contribution in [0.4, 0.5) is 5.69 Å². The molecule has 0 unspecified atom stereocenters. The largest absolute Gasteiger partial charge is 0.321 e. The van der Waals surface area contributed by atoms with Crippen molar-refractivity contribution in [2.24, 2.45) is 0 Å². The Morgan fingerprint density at radius 1 is 1.17 bits per heavy atom. The van der Waals surface area contributed by atoms with E-state index in [1.165, 1.54) is 18.2 Å². The predicted octanol–water partition coefficient (Wildman–Crippen LogP) is 4.43. The van der Waals surface area contributed by atoms with E-state index in [1.54, 1.807) is 0 Å². The van der Waals surface area contributed by atoms with Crippen molar-refractivity contribution in [2.75, 3.05) is 11.6 Å². The maximum Gasteiger partial charge on any atom is 0.257 e. The van der Waals surface area contributed by atoms with Crippen molar-refractivity contribution in [3.63, 3.8) is 0 Å². The number of sulfone groups is 1. The Morgan fingerprint density at radius 3 is 2.42 bits per heavy atom. The van der Waals surface area contributed by atoms with Crippen LogP contribution < -0.4 is 5.32 Å². The van der Waals surface area contributed by atoms with E-state index in [-0.39, 0.29) is 21.4 Å². The Labute approximate surface area is 147 Å². The summed E-state index contributed by atoms with van der Waals surface area (Å²) in [7, 11) is -3.42. The molecule has 0 aliphatic rings. The zero-order valence-electron chi connectivity index (χ0n) is 14.1. The van der Waals surface area contributed by atoms with Gasteiger partial charge in [-0.05, 0) is 42.2 Å². The van der Waals surface area contributed by atoms with Crippen molar-refractivity contribution in [2.45, 2.75) is 31.6 Å². The first kappa shape index (κ1) is 18.5. The Balaban J connectivity index is 2.45. The molecule has 0 bridgehead atoms. The number of nitrogens with one attached hydrogen (secondary N) is 1. The lowest BCUT2D eigenvalue weighted by atomic mass is 9.98. The number of carbonyl (C=O) groups excluding carboxylic acids is 1. The molecule has 0 heterocycles. The van der Waals surface area contributed by atoms with E-state index in [4.69, 9.17) is 11.6 Å². The molecule has 0 spiro atoms. The van der Waals surface area contributed by atoms with Gasteiger partial charge in [0.1, 0.15) is 0 Å². The lowest BCUT2D eigenvalue weighted by Gasteiger charge is -2.17. The SMILES string of the molecule is Cc1cccc(C(C)C)c1NC(=O)c1cc(S(C)(=O)=O)ccc1Cl. The third-order valence-corrected chi connectivity index (χ3v) is 5.22. The number of hydrogen-bond donors (Lipinski definition) is 1. The van der Waals surface area contributed by atoms with Crippen LogP contribution in [0.5, 0.6) is 0 Å². The summed E-state index contributed by atoms with van der Waals surface area (Å²) in [5.74, 6) is -0.195. The van der Waals surface area contributed by atoms with Gasteiger partial charge in [-0.2, -0.15) is 0 Å². The van der Waals surface area contributed by atoms with E-state index in [2.05, 4.69) is 5.32 Å². The number of anilines is 1. The number of para-hydroxylation sites is 1. The van der Waals surface area contributed by atoms with Gasteiger partial charge in [0, 0.05) is 11.9 Å². The van der Waals surface area contributed by atoms with Crippen molar-refractivity contribution in [3.8, 4) is 0 Å². The second kappa shape index (κ2) is 6.95. The van der Waals surface area contributed by atoms with E-state index < -0.39 is 15.7 Å². The van der Waals surface area contributed by atoms with Crippen molar-refractivity contribution in [1.29, 1.82) is 0 Å². The first-order valence-electron chi connectivity index (χ1n) is 7.51. The van der Waals surface area contributed by atoms with Crippen LogP contribution >= 0.6 is 11.6 Å². The molecule has 0 atom stereocenters. The van der Waals surface area contributed by atoms with Gasteiger partial charge in [0.05, 0.1) is 15.5 Å². The lowest BCUT2D eigenvalue weighted by Crippen LogP contribution is -2.16. The second-order valence-electron chi connectivity index (χ2n) is 6.06. The maximum absolute atomic E-state index is 12.7. The molecular weight excluding hydrogens is 346 g/mol. The summed E-state index contributed by atoms with van der Waals surface area (Å²) in [4.78, 5) is 12.7. The summed E-state index contributed by atoms with van der Waals surface area (Å²) in [6.07, 6.45) is 1.09. The minimum atomic E-state index is -3.42. The van der Waals surface area contributed by atoms with Gasteiger partial charge in [-0.3, -0.25) is 4.79 Å². The highest BCUT2D eigenvalue weighted by atomic mass is 35.5. The molecule has 128 valence electrons. The van der Waals surface area contributed by atoms with Crippen LogP contribution in [-0.4, -0.2) is 20.6 Å². The Bertz CT molecular complexity index is 889. The summed E-state index contributed by atoms with van der Waals surface area (Å²) in [6, 6.07) is 9.94. The smallest absolute Gasteiger partial charge is 0.257 e.